The van der Waals surface area contributed by atoms with E-state index < -0.39 is 0 Å². The Morgan fingerprint density at radius 2 is 1.96 bits per heavy atom. The summed E-state index contributed by atoms with van der Waals surface area (Å²) in [4.78, 5) is 14.6. The highest BCUT2D eigenvalue weighted by Crippen LogP contribution is 2.27. The van der Waals surface area contributed by atoms with E-state index in [9.17, 15) is 4.79 Å². The molecule has 2 aromatic rings. The maximum absolute atomic E-state index is 12.7. The first-order chi connectivity index (χ1) is 11.0. The molecule has 1 amide bonds. The molecule has 5 nitrogen and oxygen atoms in total. The number of carbonyl (C=O) groups excluding carboxylic acids is 1. The van der Waals surface area contributed by atoms with Crippen LogP contribution in [0.1, 0.15) is 28.4 Å². The van der Waals surface area contributed by atoms with Crippen LogP contribution >= 0.6 is 0 Å². The zero-order valence-electron chi connectivity index (χ0n) is 14.0. The SMILES string of the molecule is Cc1nn(C)c(C)c1CC(=O)N1C[C@@H](N)[C@H](c2ccccc2)C1. The van der Waals surface area contributed by atoms with Crippen LogP contribution in [-0.4, -0.2) is 39.7 Å². The molecule has 2 N–H and O–H groups in total. The Bertz CT molecular complexity index is 707. The third-order valence-corrected chi connectivity index (χ3v) is 4.93. The smallest absolute Gasteiger partial charge is 0.227 e. The lowest BCUT2D eigenvalue weighted by molar-refractivity contribution is -0.129. The van der Waals surface area contributed by atoms with E-state index in [4.69, 9.17) is 5.73 Å². The summed E-state index contributed by atoms with van der Waals surface area (Å²) in [6.07, 6.45) is 0.403. The first kappa shape index (κ1) is 15.7. The molecule has 2 atom stereocenters. The number of amides is 1. The number of hydrogen-bond donors (Lipinski definition) is 1. The summed E-state index contributed by atoms with van der Waals surface area (Å²) >= 11 is 0. The highest BCUT2D eigenvalue weighted by atomic mass is 16.2. The first-order valence-electron chi connectivity index (χ1n) is 8.04. The predicted octanol–water partition coefficient (Wildman–Crippen LogP) is 1.53. The topological polar surface area (TPSA) is 64.2 Å². The molecule has 1 aromatic carbocycles. The molecule has 1 aromatic heterocycles. The molecule has 0 aliphatic carbocycles. The van der Waals surface area contributed by atoms with E-state index in [0.29, 0.717) is 19.5 Å². The van der Waals surface area contributed by atoms with Gasteiger partial charge in [0.2, 0.25) is 5.91 Å². The molecular weight excluding hydrogens is 288 g/mol. The molecule has 0 bridgehead atoms. The fraction of sp³-hybridized carbons (Fsp3) is 0.444. The van der Waals surface area contributed by atoms with Gasteiger partial charge < -0.3 is 10.6 Å². The van der Waals surface area contributed by atoms with Crippen LogP contribution in [0.3, 0.4) is 0 Å². The largest absolute Gasteiger partial charge is 0.340 e. The number of nitrogens with zero attached hydrogens (tertiary/aromatic N) is 3. The summed E-state index contributed by atoms with van der Waals surface area (Å²) in [6.45, 7) is 5.28. The highest BCUT2D eigenvalue weighted by Gasteiger charge is 2.34. The van der Waals surface area contributed by atoms with E-state index in [1.165, 1.54) is 5.56 Å². The number of nitrogens with two attached hydrogens (primary N) is 1. The van der Waals surface area contributed by atoms with Gasteiger partial charge in [-0.1, -0.05) is 30.3 Å². The quantitative estimate of drug-likeness (QED) is 0.935. The third-order valence-electron chi connectivity index (χ3n) is 4.93. The second-order valence-corrected chi connectivity index (χ2v) is 6.43. The second kappa shape index (κ2) is 6.16. The monoisotopic (exact) mass is 312 g/mol. The van der Waals surface area contributed by atoms with Crippen LogP contribution < -0.4 is 5.73 Å². The average Bonchev–Trinajstić information content (AvgIpc) is 3.04. The standard InChI is InChI=1S/C18H24N4O/c1-12-15(13(2)21(3)20-12)9-18(23)22-10-16(17(19)11-22)14-7-5-4-6-8-14/h4-8,16-17H,9-11,19H2,1-3H3/t16-,17+/m0/s1. The lowest BCUT2D eigenvalue weighted by Gasteiger charge is -2.16. The fourth-order valence-corrected chi connectivity index (χ4v) is 3.42. The van der Waals surface area contributed by atoms with Gasteiger partial charge in [-0.05, 0) is 19.4 Å². The minimum atomic E-state index is -0.00237. The van der Waals surface area contributed by atoms with Gasteiger partial charge in [0.25, 0.3) is 0 Å². The normalized spacial score (nSPS) is 21.0. The highest BCUT2D eigenvalue weighted by molar-refractivity contribution is 5.80. The van der Waals surface area contributed by atoms with Gasteiger partial charge in [0.05, 0.1) is 12.1 Å². The molecule has 1 saturated heterocycles. The lowest BCUT2D eigenvalue weighted by Crippen LogP contribution is -2.33. The van der Waals surface area contributed by atoms with Crippen LogP contribution in [-0.2, 0) is 18.3 Å². The number of likely N-dealkylation sites (tertiary alicyclic amines) is 1. The summed E-state index contributed by atoms with van der Waals surface area (Å²) in [5.74, 6) is 0.356. The molecular formula is C18H24N4O. The Kier molecular flexibility index (Phi) is 4.22. The van der Waals surface area contributed by atoms with E-state index in [2.05, 4.69) is 17.2 Å². The van der Waals surface area contributed by atoms with Crippen molar-refractivity contribution in [1.82, 2.24) is 14.7 Å². The molecule has 1 fully saturated rings. The van der Waals surface area contributed by atoms with Gasteiger partial charge in [-0.3, -0.25) is 9.48 Å². The van der Waals surface area contributed by atoms with E-state index in [0.717, 1.165) is 17.0 Å². The Morgan fingerprint density at radius 3 is 2.57 bits per heavy atom. The van der Waals surface area contributed by atoms with Gasteiger partial charge in [-0.25, -0.2) is 0 Å². The summed E-state index contributed by atoms with van der Waals surface area (Å²) in [5.41, 5.74) is 10.5. The van der Waals surface area contributed by atoms with Crippen molar-refractivity contribution in [3.05, 3.63) is 52.8 Å². The minimum absolute atomic E-state index is 0.00237. The zero-order valence-corrected chi connectivity index (χ0v) is 14.0. The zero-order chi connectivity index (χ0) is 16.6. The molecule has 1 aliphatic rings. The van der Waals surface area contributed by atoms with E-state index in [1.54, 1.807) is 0 Å². The summed E-state index contributed by atoms with van der Waals surface area (Å²) in [5, 5.41) is 4.39. The molecule has 2 heterocycles. The molecule has 0 saturated carbocycles. The van der Waals surface area contributed by atoms with E-state index in [1.807, 2.05) is 48.7 Å². The van der Waals surface area contributed by atoms with Crippen LogP contribution in [0, 0.1) is 13.8 Å². The molecule has 0 spiro atoms. The average molecular weight is 312 g/mol. The molecule has 0 radical (unpaired) electrons. The number of hydrogen-bond acceptors (Lipinski definition) is 3. The second-order valence-electron chi connectivity index (χ2n) is 6.43. The number of benzene rings is 1. The number of aromatic nitrogens is 2. The maximum atomic E-state index is 12.7. The molecule has 3 rings (SSSR count). The van der Waals surface area contributed by atoms with Gasteiger partial charge in [-0.15, -0.1) is 0 Å². The third kappa shape index (κ3) is 3.01. The van der Waals surface area contributed by atoms with Gasteiger partial charge in [0.1, 0.15) is 0 Å². The molecule has 0 unspecified atom stereocenters. The maximum Gasteiger partial charge on any atom is 0.227 e. The summed E-state index contributed by atoms with van der Waals surface area (Å²) in [6, 6.07) is 10.2. The molecule has 122 valence electrons. The van der Waals surface area contributed by atoms with Crippen LogP contribution in [0.5, 0.6) is 0 Å². The Labute approximate surface area is 137 Å². The van der Waals surface area contributed by atoms with Crippen LogP contribution in [0.25, 0.3) is 0 Å². The van der Waals surface area contributed by atoms with E-state index in [-0.39, 0.29) is 17.9 Å². The van der Waals surface area contributed by atoms with Gasteiger partial charge in [0, 0.05) is 43.4 Å². The van der Waals surface area contributed by atoms with Crippen molar-refractivity contribution in [2.45, 2.75) is 32.2 Å². The van der Waals surface area contributed by atoms with Crippen molar-refractivity contribution in [3.63, 3.8) is 0 Å². The predicted molar refractivity (Wildman–Crippen MR) is 90.1 cm³/mol. The van der Waals surface area contributed by atoms with Crippen LogP contribution in [0.2, 0.25) is 0 Å². The van der Waals surface area contributed by atoms with Crippen molar-refractivity contribution in [3.8, 4) is 0 Å². The molecule has 23 heavy (non-hydrogen) atoms. The van der Waals surface area contributed by atoms with Crippen molar-refractivity contribution in [2.24, 2.45) is 12.8 Å². The number of aryl methyl sites for hydroxylation is 2. The number of carbonyl (C=O) groups is 1. The van der Waals surface area contributed by atoms with Gasteiger partial charge in [0.15, 0.2) is 0 Å². The summed E-state index contributed by atoms with van der Waals surface area (Å²) in [7, 11) is 1.91. The van der Waals surface area contributed by atoms with Crippen molar-refractivity contribution in [2.75, 3.05) is 13.1 Å². The van der Waals surface area contributed by atoms with Crippen LogP contribution in [0.15, 0.2) is 30.3 Å². The summed E-state index contributed by atoms with van der Waals surface area (Å²) < 4.78 is 1.83. The van der Waals surface area contributed by atoms with Crippen molar-refractivity contribution >= 4 is 5.91 Å². The van der Waals surface area contributed by atoms with Crippen molar-refractivity contribution < 1.29 is 4.79 Å². The Hall–Kier alpha value is -2.14. The van der Waals surface area contributed by atoms with Gasteiger partial charge in [-0.2, -0.15) is 5.10 Å². The molecule has 1 aliphatic heterocycles. The van der Waals surface area contributed by atoms with Crippen molar-refractivity contribution in [1.29, 1.82) is 0 Å². The van der Waals surface area contributed by atoms with E-state index >= 15 is 0 Å². The minimum Gasteiger partial charge on any atom is -0.340 e. The molecule has 5 heteroatoms. The first-order valence-corrected chi connectivity index (χ1v) is 8.04. The fourth-order valence-electron chi connectivity index (χ4n) is 3.42. The lowest BCUT2D eigenvalue weighted by atomic mass is 9.95. The number of rotatable bonds is 3. The van der Waals surface area contributed by atoms with Crippen LogP contribution in [0.4, 0.5) is 0 Å². The Morgan fingerprint density at radius 1 is 1.26 bits per heavy atom. The Balaban J connectivity index is 1.72. The van der Waals surface area contributed by atoms with Gasteiger partial charge >= 0.3 is 0 Å².